The van der Waals surface area contributed by atoms with Crippen LogP contribution in [0.5, 0.6) is 5.75 Å². The zero-order valence-corrected chi connectivity index (χ0v) is 17.6. The van der Waals surface area contributed by atoms with Crippen LogP contribution in [0.25, 0.3) is 0 Å². The van der Waals surface area contributed by atoms with Gasteiger partial charge in [0.15, 0.2) is 5.76 Å². The average molecular weight is 412 g/mol. The molecule has 160 valence electrons. The molecular formula is C23H29N3O4. The van der Waals surface area contributed by atoms with Crippen LogP contribution in [0.1, 0.15) is 35.5 Å². The molecule has 1 saturated heterocycles. The minimum atomic E-state index is -0.564. The Balaban J connectivity index is 1.31. The highest BCUT2D eigenvalue weighted by atomic mass is 16.5. The zero-order valence-electron chi connectivity index (χ0n) is 17.6. The normalized spacial score (nSPS) is 17.5. The monoisotopic (exact) mass is 411 g/mol. The van der Waals surface area contributed by atoms with Crippen LogP contribution in [0.4, 0.5) is 0 Å². The third kappa shape index (κ3) is 4.51. The summed E-state index contributed by atoms with van der Waals surface area (Å²) in [5.74, 6) is 0.831. The zero-order chi connectivity index (χ0) is 21.1. The van der Waals surface area contributed by atoms with Gasteiger partial charge >= 0.3 is 0 Å². The van der Waals surface area contributed by atoms with E-state index in [2.05, 4.69) is 28.4 Å². The number of hydrogen-bond acceptors (Lipinski definition) is 5. The highest BCUT2D eigenvalue weighted by molar-refractivity contribution is 5.95. The summed E-state index contributed by atoms with van der Waals surface area (Å²) < 4.78 is 10.7. The number of nitrogens with zero attached hydrogens (tertiary/aromatic N) is 2. The molecule has 7 heteroatoms. The summed E-state index contributed by atoms with van der Waals surface area (Å²) in [5.41, 5.74) is 2.57. The van der Waals surface area contributed by atoms with Crippen molar-refractivity contribution < 1.29 is 18.7 Å². The van der Waals surface area contributed by atoms with Gasteiger partial charge in [-0.3, -0.25) is 14.5 Å². The molecule has 0 aliphatic carbocycles. The third-order valence-corrected chi connectivity index (χ3v) is 5.81. The smallest absolute Gasteiger partial charge is 0.287 e. The topological polar surface area (TPSA) is 75.0 Å². The van der Waals surface area contributed by atoms with E-state index >= 15 is 0 Å². The molecule has 2 amide bonds. The first-order chi connectivity index (χ1) is 14.5. The van der Waals surface area contributed by atoms with Gasteiger partial charge in [0.1, 0.15) is 11.8 Å². The van der Waals surface area contributed by atoms with Gasteiger partial charge in [-0.05, 0) is 35.2 Å². The van der Waals surface area contributed by atoms with E-state index in [1.807, 2.05) is 18.7 Å². The van der Waals surface area contributed by atoms with E-state index in [4.69, 9.17) is 9.15 Å². The largest absolute Gasteiger partial charge is 0.493 e. The van der Waals surface area contributed by atoms with Crippen molar-refractivity contribution >= 4 is 11.8 Å². The summed E-state index contributed by atoms with van der Waals surface area (Å²) in [6.45, 7) is 8.48. The van der Waals surface area contributed by atoms with Crippen LogP contribution >= 0.6 is 0 Å². The first-order valence-electron chi connectivity index (χ1n) is 10.6. The van der Waals surface area contributed by atoms with Crippen molar-refractivity contribution in [3.8, 4) is 5.75 Å². The fourth-order valence-corrected chi connectivity index (χ4v) is 4.05. The molecule has 7 nitrogen and oxygen atoms in total. The van der Waals surface area contributed by atoms with Crippen LogP contribution < -0.4 is 10.1 Å². The Morgan fingerprint density at radius 2 is 1.93 bits per heavy atom. The molecule has 0 saturated carbocycles. The van der Waals surface area contributed by atoms with E-state index in [0.29, 0.717) is 13.1 Å². The van der Waals surface area contributed by atoms with Gasteiger partial charge in [-0.25, -0.2) is 0 Å². The molecule has 3 heterocycles. The highest BCUT2D eigenvalue weighted by Crippen LogP contribution is 2.26. The summed E-state index contributed by atoms with van der Waals surface area (Å²) in [7, 11) is 0. The maximum atomic E-state index is 13.1. The van der Waals surface area contributed by atoms with Crippen LogP contribution in [0.15, 0.2) is 41.0 Å². The second kappa shape index (κ2) is 8.92. The van der Waals surface area contributed by atoms with Gasteiger partial charge in [0.05, 0.1) is 12.9 Å². The first-order valence-corrected chi connectivity index (χ1v) is 10.6. The number of ether oxygens (including phenoxy) is 1. The van der Waals surface area contributed by atoms with Crippen molar-refractivity contribution in [3.05, 3.63) is 53.5 Å². The molecule has 2 aliphatic rings. The van der Waals surface area contributed by atoms with Gasteiger partial charge in [0, 0.05) is 39.1 Å². The molecule has 0 spiro atoms. The SMILES string of the molecule is CC(C)[C@H](NC(=O)c1ccco1)C(=O)N1CCN(Cc2ccc3c(c2)CCO3)CC1. The molecule has 1 aromatic heterocycles. The lowest BCUT2D eigenvalue weighted by molar-refractivity contribution is -0.136. The molecule has 1 fully saturated rings. The van der Waals surface area contributed by atoms with E-state index < -0.39 is 6.04 Å². The number of benzene rings is 1. The third-order valence-electron chi connectivity index (χ3n) is 5.81. The van der Waals surface area contributed by atoms with Gasteiger partial charge in [-0.2, -0.15) is 0 Å². The maximum Gasteiger partial charge on any atom is 0.287 e. The lowest BCUT2D eigenvalue weighted by Crippen LogP contribution is -2.56. The molecule has 0 radical (unpaired) electrons. The van der Waals surface area contributed by atoms with Gasteiger partial charge in [0.2, 0.25) is 5.91 Å². The molecule has 1 aromatic carbocycles. The van der Waals surface area contributed by atoms with E-state index in [1.54, 1.807) is 12.1 Å². The summed E-state index contributed by atoms with van der Waals surface area (Å²) in [6.07, 6.45) is 2.43. The molecule has 4 rings (SSSR count). The first kappa shape index (κ1) is 20.5. The van der Waals surface area contributed by atoms with Crippen LogP contribution in [-0.4, -0.2) is 60.4 Å². The molecule has 1 atom stereocenters. The minimum absolute atomic E-state index is 0.0110. The van der Waals surface area contributed by atoms with Crippen LogP contribution in [-0.2, 0) is 17.8 Å². The number of rotatable bonds is 6. The van der Waals surface area contributed by atoms with Crippen molar-refractivity contribution in [2.24, 2.45) is 5.92 Å². The second-order valence-corrected chi connectivity index (χ2v) is 8.31. The van der Waals surface area contributed by atoms with Crippen molar-refractivity contribution in [1.82, 2.24) is 15.1 Å². The number of fused-ring (bicyclic) bond motifs is 1. The quantitative estimate of drug-likeness (QED) is 0.790. The van der Waals surface area contributed by atoms with E-state index in [9.17, 15) is 9.59 Å². The molecule has 1 N–H and O–H groups in total. The van der Waals surface area contributed by atoms with E-state index in [1.165, 1.54) is 17.4 Å². The Kier molecular flexibility index (Phi) is 6.08. The number of piperazine rings is 1. The minimum Gasteiger partial charge on any atom is -0.493 e. The number of carbonyl (C=O) groups excluding carboxylic acids is 2. The number of furan rings is 1. The average Bonchev–Trinajstić information content (AvgIpc) is 3.43. The molecule has 30 heavy (non-hydrogen) atoms. The van der Waals surface area contributed by atoms with Gasteiger partial charge in [0.25, 0.3) is 5.91 Å². The lowest BCUT2D eigenvalue weighted by atomic mass is 10.0. The van der Waals surface area contributed by atoms with Gasteiger partial charge < -0.3 is 19.4 Å². The Morgan fingerprint density at radius 1 is 1.13 bits per heavy atom. The predicted molar refractivity (Wildman–Crippen MR) is 112 cm³/mol. The number of carbonyl (C=O) groups is 2. The van der Waals surface area contributed by atoms with Crippen LogP contribution in [0, 0.1) is 5.92 Å². The molecule has 0 bridgehead atoms. The standard InChI is InChI=1S/C23H29N3O4/c1-16(2)21(24-22(27)20-4-3-12-29-20)23(28)26-10-8-25(9-11-26)15-17-5-6-19-18(14-17)7-13-30-19/h3-6,12,14,16,21H,7-11,13,15H2,1-2H3,(H,24,27)/t21-/m0/s1. The summed E-state index contributed by atoms with van der Waals surface area (Å²) >= 11 is 0. The Morgan fingerprint density at radius 3 is 2.63 bits per heavy atom. The van der Waals surface area contributed by atoms with E-state index in [0.717, 1.165) is 38.4 Å². The van der Waals surface area contributed by atoms with Crippen LogP contribution in [0.2, 0.25) is 0 Å². The maximum absolute atomic E-state index is 13.1. The molecule has 2 aromatic rings. The van der Waals surface area contributed by atoms with Crippen molar-refractivity contribution in [2.75, 3.05) is 32.8 Å². The predicted octanol–water partition coefficient (Wildman–Crippen LogP) is 2.31. The Bertz CT molecular complexity index is 886. The second-order valence-electron chi connectivity index (χ2n) is 8.31. The lowest BCUT2D eigenvalue weighted by Gasteiger charge is -2.37. The molecule has 2 aliphatic heterocycles. The molecular weight excluding hydrogens is 382 g/mol. The van der Waals surface area contributed by atoms with Crippen molar-refractivity contribution in [3.63, 3.8) is 0 Å². The van der Waals surface area contributed by atoms with Gasteiger partial charge in [-0.1, -0.05) is 26.0 Å². The Labute approximate surface area is 177 Å². The summed E-state index contributed by atoms with van der Waals surface area (Å²) in [4.78, 5) is 29.7. The summed E-state index contributed by atoms with van der Waals surface area (Å²) in [6, 6.07) is 9.12. The van der Waals surface area contributed by atoms with Gasteiger partial charge in [-0.15, -0.1) is 0 Å². The summed E-state index contributed by atoms with van der Waals surface area (Å²) in [5, 5.41) is 2.84. The van der Waals surface area contributed by atoms with E-state index in [-0.39, 0.29) is 23.5 Å². The fourth-order valence-electron chi connectivity index (χ4n) is 4.05. The highest BCUT2D eigenvalue weighted by Gasteiger charge is 2.31. The molecule has 0 unspecified atom stereocenters. The number of amides is 2. The number of hydrogen-bond donors (Lipinski definition) is 1. The number of nitrogens with one attached hydrogen (secondary N) is 1. The fraction of sp³-hybridized carbons (Fsp3) is 0.478. The van der Waals surface area contributed by atoms with Crippen molar-refractivity contribution in [1.29, 1.82) is 0 Å². The van der Waals surface area contributed by atoms with Crippen molar-refractivity contribution in [2.45, 2.75) is 32.9 Å². The Hall–Kier alpha value is -2.80. The van der Waals surface area contributed by atoms with Crippen LogP contribution in [0.3, 0.4) is 0 Å².